The highest BCUT2D eigenvalue weighted by atomic mass is 32.2. The molecule has 1 heterocycles. The van der Waals surface area contributed by atoms with Gasteiger partial charge in [0.2, 0.25) is 10.0 Å². The smallest absolute Gasteiger partial charge is 0.267 e. The maximum absolute atomic E-state index is 12.7. The number of amides is 1. The normalized spacial score (nSPS) is 25.4. The van der Waals surface area contributed by atoms with Crippen LogP contribution in [-0.4, -0.2) is 37.4 Å². The van der Waals surface area contributed by atoms with Gasteiger partial charge in [-0.1, -0.05) is 26.8 Å². The van der Waals surface area contributed by atoms with Gasteiger partial charge in [0.25, 0.3) is 5.91 Å². The van der Waals surface area contributed by atoms with E-state index in [2.05, 4.69) is 31.3 Å². The van der Waals surface area contributed by atoms with Crippen molar-refractivity contribution in [3.05, 3.63) is 29.8 Å². The molecule has 1 aromatic rings. The molecule has 0 radical (unpaired) electrons. The summed E-state index contributed by atoms with van der Waals surface area (Å²) in [5.41, 5.74) is 4.02. The Morgan fingerprint density at radius 2 is 1.93 bits per heavy atom. The number of benzene rings is 1. The largest absolute Gasteiger partial charge is 0.271 e. The van der Waals surface area contributed by atoms with Crippen LogP contribution in [0.15, 0.2) is 34.3 Å². The lowest BCUT2D eigenvalue weighted by molar-refractivity contribution is 0.0954. The van der Waals surface area contributed by atoms with Crippen LogP contribution >= 0.6 is 0 Å². The molecule has 2 fully saturated rings. The number of carbonyl (C=O) groups excluding carboxylic acids is 1. The molecule has 1 aromatic carbocycles. The monoisotopic (exact) mass is 405 g/mol. The summed E-state index contributed by atoms with van der Waals surface area (Å²) >= 11 is 0. The summed E-state index contributed by atoms with van der Waals surface area (Å²) in [4.78, 5) is 12.8. The average molecular weight is 406 g/mol. The van der Waals surface area contributed by atoms with E-state index in [1.54, 1.807) is 18.2 Å². The van der Waals surface area contributed by atoms with Gasteiger partial charge in [0.05, 0.1) is 4.90 Å². The number of carbonyl (C=O) groups is 1. The summed E-state index contributed by atoms with van der Waals surface area (Å²) in [6, 6.07) is 6.24. The molecular weight excluding hydrogens is 374 g/mol. The number of nitrogens with one attached hydrogen (secondary N) is 1. The van der Waals surface area contributed by atoms with Gasteiger partial charge < -0.3 is 0 Å². The number of sulfonamides is 1. The Kier molecular flexibility index (Phi) is 6.55. The number of hydrogen-bond donors (Lipinski definition) is 1. The zero-order valence-corrected chi connectivity index (χ0v) is 17.8. The molecular formula is C21H31N3O3S. The van der Waals surface area contributed by atoms with Crippen LogP contribution in [0.5, 0.6) is 0 Å². The Labute approximate surface area is 168 Å². The molecule has 1 aliphatic carbocycles. The van der Waals surface area contributed by atoms with Gasteiger partial charge in [-0.05, 0) is 62.1 Å². The molecule has 28 heavy (non-hydrogen) atoms. The average Bonchev–Trinajstić information content (AvgIpc) is 3.21. The Morgan fingerprint density at radius 3 is 2.61 bits per heavy atom. The molecule has 6 nitrogen and oxygen atoms in total. The van der Waals surface area contributed by atoms with Crippen molar-refractivity contribution in [1.82, 2.24) is 9.73 Å². The Hall–Kier alpha value is -1.73. The van der Waals surface area contributed by atoms with Crippen molar-refractivity contribution in [3.8, 4) is 0 Å². The van der Waals surface area contributed by atoms with Gasteiger partial charge in [0.15, 0.2) is 0 Å². The summed E-state index contributed by atoms with van der Waals surface area (Å²) in [6.07, 6.45) is 4.94. The molecule has 0 bridgehead atoms. The van der Waals surface area contributed by atoms with Crippen LogP contribution in [0.2, 0.25) is 0 Å². The second-order valence-electron chi connectivity index (χ2n) is 8.42. The first-order valence-corrected chi connectivity index (χ1v) is 11.7. The van der Waals surface area contributed by atoms with E-state index in [1.807, 2.05) is 0 Å². The van der Waals surface area contributed by atoms with E-state index >= 15 is 0 Å². The summed E-state index contributed by atoms with van der Waals surface area (Å²) in [5, 5.41) is 4.44. The van der Waals surface area contributed by atoms with Crippen molar-refractivity contribution in [2.24, 2.45) is 22.9 Å². The molecule has 0 aromatic heterocycles. The van der Waals surface area contributed by atoms with Crippen molar-refractivity contribution in [3.63, 3.8) is 0 Å². The maximum atomic E-state index is 12.7. The van der Waals surface area contributed by atoms with E-state index in [-0.39, 0.29) is 10.8 Å². The summed E-state index contributed by atoms with van der Waals surface area (Å²) in [5.74, 6) is 1.07. The minimum Gasteiger partial charge on any atom is -0.267 e. The SMILES string of the molecule is CC(C)[C@H]1CC[C@@H](C)CC1=NNC(=O)c1cccc(S(=O)(=O)N2CCCC2)c1. The van der Waals surface area contributed by atoms with Crippen molar-refractivity contribution >= 4 is 21.6 Å². The molecule has 154 valence electrons. The van der Waals surface area contributed by atoms with Gasteiger partial charge in [-0.3, -0.25) is 4.79 Å². The number of rotatable bonds is 5. The topological polar surface area (TPSA) is 78.8 Å². The third-order valence-corrected chi connectivity index (χ3v) is 7.76. The third kappa shape index (κ3) is 4.63. The number of hydrazone groups is 1. The van der Waals surface area contributed by atoms with Gasteiger partial charge in [0, 0.05) is 30.3 Å². The lowest BCUT2D eigenvalue weighted by atomic mass is 9.76. The molecule has 2 atom stereocenters. The van der Waals surface area contributed by atoms with E-state index in [0.29, 0.717) is 36.4 Å². The predicted molar refractivity (Wildman–Crippen MR) is 111 cm³/mol. The standard InChI is InChI=1S/C21H31N3O3S/c1-15(2)19-10-9-16(3)13-20(19)22-23-21(25)17-7-6-8-18(14-17)28(26,27)24-11-4-5-12-24/h6-8,14-16,19H,4-5,9-13H2,1-3H3,(H,23,25)/t16-,19-/m1/s1. The van der Waals surface area contributed by atoms with E-state index < -0.39 is 10.0 Å². The minimum atomic E-state index is -3.54. The number of nitrogens with zero attached hydrogens (tertiary/aromatic N) is 2. The van der Waals surface area contributed by atoms with Crippen molar-refractivity contribution in [2.45, 2.75) is 57.8 Å². The molecule has 1 saturated carbocycles. The van der Waals surface area contributed by atoms with Crippen LogP contribution in [0.1, 0.15) is 63.2 Å². The molecule has 0 unspecified atom stereocenters. The highest BCUT2D eigenvalue weighted by Gasteiger charge is 2.29. The highest BCUT2D eigenvalue weighted by Crippen LogP contribution is 2.31. The van der Waals surface area contributed by atoms with Crippen LogP contribution in [0.4, 0.5) is 0 Å². The molecule has 0 spiro atoms. The first-order valence-electron chi connectivity index (χ1n) is 10.3. The Bertz CT molecular complexity index is 842. The van der Waals surface area contributed by atoms with Crippen LogP contribution in [0.25, 0.3) is 0 Å². The second kappa shape index (κ2) is 8.74. The molecule has 1 aliphatic heterocycles. The second-order valence-corrected chi connectivity index (χ2v) is 10.4. The minimum absolute atomic E-state index is 0.168. The summed E-state index contributed by atoms with van der Waals surface area (Å²) < 4.78 is 27.0. The fraction of sp³-hybridized carbons (Fsp3) is 0.619. The lowest BCUT2D eigenvalue weighted by Crippen LogP contribution is -2.31. The van der Waals surface area contributed by atoms with Crippen molar-refractivity contribution < 1.29 is 13.2 Å². The fourth-order valence-electron chi connectivity index (χ4n) is 4.15. The zero-order chi connectivity index (χ0) is 20.3. The van der Waals surface area contributed by atoms with E-state index in [1.165, 1.54) is 16.8 Å². The van der Waals surface area contributed by atoms with Crippen LogP contribution in [-0.2, 0) is 10.0 Å². The van der Waals surface area contributed by atoms with Crippen molar-refractivity contribution in [1.29, 1.82) is 0 Å². The summed E-state index contributed by atoms with van der Waals surface area (Å²) in [6.45, 7) is 7.66. The van der Waals surface area contributed by atoms with Gasteiger partial charge in [-0.25, -0.2) is 13.8 Å². The zero-order valence-electron chi connectivity index (χ0n) is 17.0. The molecule has 3 rings (SSSR count). The third-order valence-electron chi connectivity index (χ3n) is 5.86. The van der Waals surface area contributed by atoms with Crippen molar-refractivity contribution in [2.75, 3.05) is 13.1 Å². The first-order chi connectivity index (χ1) is 13.3. The Balaban J connectivity index is 1.76. The van der Waals surface area contributed by atoms with Gasteiger partial charge in [-0.2, -0.15) is 9.41 Å². The molecule has 7 heteroatoms. The molecule has 2 aliphatic rings. The predicted octanol–water partition coefficient (Wildman–Crippen LogP) is 3.65. The van der Waals surface area contributed by atoms with Crippen LogP contribution < -0.4 is 5.43 Å². The van der Waals surface area contributed by atoms with Crippen LogP contribution in [0.3, 0.4) is 0 Å². The maximum Gasteiger partial charge on any atom is 0.271 e. The highest BCUT2D eigenvalue weighted by molar-refractivity contribution is 7.89. The van der Waals surface area contributed by atoms with Gasteiger partial charge >= 0.3 is 0 Å². The van der Waals surface area contributed by atoms with Crippen LogP contribution in [0, 0.1) is 17.8 Å². The van der Waals surface area contributed by atoms with E-state index in [0.717, 1.165) is 31.4 Å². The lowest BCUT2D eigenvalue weighted by Gasteiger charge is -2.30. The van der Waals surface area contributed by atoms with Gasteiger partial charge in [-0.15, -0.1) is 0 Å². The quantitative estimate of drug-likeness (QED) is 0.760. The fourth-order valence-corrected chi connectivity index (χ4v) is 5.71. The Morgan fingerprint density at radius 1 is 1.21 bits per heavy atom. The number of hydrogen-bond acceptors (Lipinski definition) is 4. The first kappa shape index (κ1) is 21.0. The van der Waals surface area contributed by atoms with Gasteiger partial charge in [0.1, 0.15) is 0 Å². The molecule has 1 amide bonds. The molecule has 1 saturated heterocycles. The van der Waals surface area contributed by atoms with E-state index in [9.17, 15) is 13.2 Å². The van der Waals surface area contributed by atoms with E-state index in [4.69, 9.17) is 0 Å². The summed E-state index contributed by atoms with van der Waals surface area (Å²) in [7, 11) is -3.54. The molecule has 1 N–H and O–H groups in total.